The number of amides is 2. The third kappa shape index (κ3) is 2.96. The molecular weight excluding hydrogens is 346 g/mol. The van der Waals surface area contributed by atoms with E-state index >= 15 is 0 Å². The Bertz CT molecular complexity index is 898. The molecule has 8 heteroatoms. The number of azide groups is 1. The third-order valence-corrected chi connectivity index (χ3v) is 4.91. The van der Waals surface area contributed by atoms with Crippen molar-refractivity contribution in [2.75, 3.05) is 6.54 Å². The molecule has 0 saturated carbocycles. The Morgan fingerprint density at radius 2 is 1.63 bits per heavy atom. The van der Waals surface area contributed by atoms with Gasteiger partial charge in [0.05, 0.1) is 6.04 Å². The fourth-order valence-corrected chi connectivity index (χ4v) is 3.68. The van der Waals surface area contributed by atoms with Gasteiger partial charge in [0.1, 0.15) is 12.1 Å². The van der Waals surface area contributed by atoms with Crippen molar-refractivity contribution in [3.05, 3.63) is 82.2 Å². The highest BCUT2D eigenvalue weighted by Crippen LogP contribution is 2.45. The summed E-state index contributed by atoms with van der Waals surface area (Å²) in [7, 11) is 0. The number of ether oxygens (including phenoxy) is 1. The second kappa shape index (κ2) is 7.01. The second-order valence-electron chi connectivity index (χ2n) is 6.45. The molecule has 8 nitrogen and oxygen atoms in total. The van der Waals surface area contributed by atoms with Crippen molar-refractivity contribution in [2.45, 2.75) is 24.2 Å². The molecule has 4 atom stereocenters. The summed E-state index contributed by atoms with van der Waals surface area (Å²) in [5.74, 6) is -0.278. The Morgan fingerprint density at radius 3 is 2.22 bits per heavy atom. The van der Waals surface area contributed by atoms with Crippen molar-refractivity contribution >= 4 is 12.0 Å². The summed E-state index contributed by atoms with van der Waals surface area (Å²) in [6, 6.07) is 17.3. The number of nitrogens with zero attached hydrogens (tertiary/aromatic N) is 4. The van der Waals surface area contributed by atoms with Crippen molar-refractivity contribution in [3.63, 3.8) is 0 Å². The molecule has 136 valence electrons. The van der Waals surface area contributed by atoms with Gasteiger partial charge in [-0.15, -0.1) is 0 Å². The first-order chi connectivity index (χ1) is 13.2. The zero-order valence-electron chi connectivity index (χ0n) is 14.3. The van der Waals surface area contributed by atoms with Crippen LogP contribution in [0.25, 0.3) is 10.4 Å². The first kappa shape index (κ1) is 16.9. The minimum Gasteiger partial charge on any atom is -0.439 e. The number of rotatable bonds is 5. The summed E-state index contributed by atoms with van der Waals surface area (Å²) >= 11 is 0. The number of benzene rings is 2. The molecule has 2 aromatic carbocycles. The molecule has 2 fully saturated rings. The summed E-state index contributed by atoms with van der Waals surface area (Å²) in [5.41, 5.74) is 10.3. The number of cyclic esters (lactones) is 1. The Morgan fingerprint density at radius 1 is 1.00 bits per heavy atom. The van der Waals surface area contributed by atoms with Crippen LogP contribution < -0.4 is 5.32 Å². The number of carbonyl (C=O) groups excluding carboxylic acids is 2. The van der Waals surface area contributed by atoms with Gasteiger partial charge in [-0.3, -0.25) is 9.69 Å². The van der Waals surface area contributed by atoms with Crippen LogP contribution in [-0.4, -0.2) is 35.5 Å². The fraction of sp³-hybridized carbons (Fsp3) is 0.263. The maximum absolute atomic E-state index is 12.8. The standard InChI is InChI=1S/C19H17N5O3/c20-23-21-11-14-16(18(25)22-14)24-15(12-7-3-1-4-8-12)17(27-19(24)26)13-9-5-2-6-10-13/h1-10,14-17H,11H2,(H,22,25). The van der Waals surface area contributed by atoms with Crippen LogP contribution in [0.1, 0.15) is 23.3 Å². The molecule has 4 rings (SSSR count). The van der Waals surface area contributed by atoms with E-state index in [4.69, 9.17) is 10.3 Å². The van der Waals surface area contributed by atoms with Crippen LogP contribution in [0, 0.1) is 0 Å². The molecule has 0 aromatic heterocycles. The SMILES string of the molecule is [N-]=[N+]=NCC1NC(=O)C1N1C(=O)OC(c2ccccc2)C1c1ccccc1. The van der Waals surface area contributed by atoms with E-state index in [-0.39, 0.29) is 12.5 Å². The van der Waals surface area contributed by atoms with Crippen LogP contribution in [0.5, 0.6) is 0 Å². The molecule has 2 aliphatic rings. The van der Waals surface area contributed by atoms with Crippen LogP contribution in [0.3, 0.4) is 0 Å². The average Bonchev–Trinajstić information content (AvgIpc) is 3.03. The van der Waals surface area contributed by atoms with Crippen molar-refractivity contribution in [3.8, 4) is 0 Å². The Labute approximate surface area is 155 Å². The van der Waals surface area contributed by atoms with E-state index in [1.807, 2.05) is 60.7 Å². The first-order valence-electron chi connectivity index (χ1n) is 8.61. The highest BCUT2D eigenvalue weighted by atomic mass is 16.6. The van der Waals surface area contributed by atoms with Crippen molar-refractivity contribution in [1.29, 1.82) is 0 Å². The lowest BCUT2D eigenvalue weighted by Crippen LogP contribution is -2.70. The fourth-order valence-electron chi connectivity index (χ4n) is 3.68. The molecule has 4 unspecified atom stereocenters. The van der Waals surface area contributed by atoms with Crippen LogP contribution in [0.15, 0.2) is 65.8 Å². The quantitative estimate of drug-likeness (QED) is 0.382. The van der Waals surface area contributed by atoms with Crippen molar-refractivity contribution in [1.82, 2.24) is 10.2 Å². The lowest BCUT2D eigenvalue weighted by atomic mass is 9.90. The van der Waals surface area contributed by atoms with E-state index in [2.05, 4.69) is 15.3 Å². The Kier molecular flexibility index (Phi) is 4.40. The lowest BCUT2D eigenvalue weighted by molar-refractivity contribution is -0.136. The van der Waals surface area contributed by atoms with Gasteiger partial charge in [-0.05, 0) is 16.7 Å². The molecule has 0 bridgehead atoms. The van der Waals surface area contributed by atoms with E-state index in [9.17, 15) is 9.59 Å². The normalized spacial score (nSPS) is 26.6. The van der Waals surface area contributed by atoms with Gasteiger partial charge < -0.3 is 10.1 Å². The summed E-state index contributed by atoms with van der Waals surface area (Å²) in [5, 5.41) is 6.24. The molecule has 2 heterocycles. The van der Waals surface area contributed by atoms with Crippen molar-refractivity contribution in [2.24, 2.45) is 5.11 Å². The first-order valence-corrected chi connectivity index (χ1v) is 8.61. The zero-order valence-corrected chi connectivity index (χ0v) is 14.3. The molecule has 1 N–H and O–H groups in total. The van der Waals surface area contributed by atoms with Gasteiger partial charge in [0, 0.05) is 11.5 Å². The molecule has 2 aliphatic heterocycles. The molecule has 0 aliphatic carbocycles. The zero-order chi connectivity index (χ0) is 18.8. The topological polar surface area (TPSA) is 107 Å². The van der Waals surface area contributed by atoms with Gasteiger partial charge in [0.15, 0.2) is 6.10 Å². The van der Waals surface area contributed by atoms with Gasteiger partial charge in [0.25, 0.3) is 0 Å². The molecule has 2 amide bonds. The molecule has 2 aromatic rings. The van der Waals surface area contributed by atoms with Crippen molar-refractivity contribution < 1.29 is 14.3 Å². The second-order valence-corrected chi connectivity index (χ2v) is 6.45. The lowest BCUT2D eigenvalue weighted by Gasteiger charge is -2.42. The Balaban J connectivity index is 1.74. The highest BCUT2D eigenvalue weighted by molar-refractivity contribution is 5.93. The molecular formula is C19H17N5O3. The monoisotopic (exact) mass is 363 g/mol. The van der Waals surface area contributed by atoms with Gasteiger partial charge in [-0.25, -0.2) is 4.79 Å². The third-order valence-electron chi connectivity index (χ3n) is 4.91. The van der Waals surface area contributed by atoms with Gasteiger partial charge in [-0.2, -0.15) is 0 Å². The van der Waals surface area contributed by atoms with E-state index in [0.29, 0.717) is 0 Å². The minimum atomic E-state index is -0.734. The summed E-state index contributed by atoms with van der Waals surface area (Å²) in [6.07, 6.45) is -1.09. The van der Waals surface area contributed by atoms with Crippen LogP contribution in [-0.2, 0) is 9.53 Å². The van der Waals surface area contributed by atoms with Crippen LogP contribution in [0.2, 0.25) is 0 Å². The number of hydrogen-bond donors (Lipinski definition) is 1. The van der Waals surface area contributed by atoms with Crippen LogP contribution >= 0.6 is 0 Å². The molecule has 0 spiro atoms. The number of nitrogens with one attached hydrogen (secondary N) is 1. The molecule has 2 saturated heterocycles. The highest BCUT2D eigenvalue weighted by Gasteiger charge is 2.54. The van der Waals surface area contributed by atoms with Gasteiger partial charge >= 0.3 is 6.09 Å². The maximum atomic E-state index is 12.8. The van der Waals surface area contributed by atoms with E-state index in [1.54, 1.807) is 0 Å². The smallest absolute Gasteiger partial charge is 0.411 e. The van der Waals surface area contributed by atoms with Crippen LogP contribution in [0.4, 0.5) is 4.79 Å². The van der Waals surface area contributed by atoms with E-state index < -0.39 is 30.3 Å². The molecule has 0 radical (unpaired) electrons. The number of β-lactam (4-membered cyclic amide) rings is 1. The number of hydrogen-bond acceptors (Lipinski definition) is 4. The number of carbonyl (C=O) groups is 2. The van der Waals surface area contributed by atoms with E-state index in [1.165, 1.54) is 4.90 Å². The molecule has 27 heavy (non-hydrogen) atoms. The average molecular weight is 363 g/mol. The van der Waals surface area contributed by atoms with Gasteiger partial charge in [0.2, 0.25) is 5.91 Å². The maximum Gasteiger partial charge on any atom is 0.411 e. The van der Waals surface area contributed by atoms with E-state index in [0.717, 1.165) is 11.1 Å². The predicted octanol–water partition coefficient (Wildman–Crippen LogP) is 3.10. The largest absolute Gasteiger partial charge is 0.439 e. The summed E-state index contributed by atoms with van der Waals surface area (Å²) < 4.78 is 5.69. The Hall–Kier alpha value is -3.51. The minimum absolute atomic E-state index is 0.0776. The predicted molar refractivity (Wildman–Crippen MR) is 96.4 cm³/mol. The summed E-state index contributed by atoms with van der Waals surface area (Å²) in [4.78, 5) is 29.2. The van der Waals surface area contributed by atoms with Gasteiger partial charge in [-0.1, -0.05) is 65.8 Å². The summed E-state index contributed by atoms with van der Waals surface area (Å²) in [6.45, 7) is 0.0776.